The Morgan fingerprint density at radius 2 is 2.00 bits per heavy atom. The van der Waals surface area contributed by atoms with Gasteiger partial charge in [0.15, 0.2) is 0 Å². The zero-order valence-corrected chi connectivity index (χ0v) is 9.29. The molecule has 0 aliphatic carbocycles. The molecule has 0 rings (SSSR count). The maximum Gasteiger partial charge on any atom is 0.303 e. The molecule has 84 valence electrons. The zero-order chi connectivity index (χ0) is 11.2. The lowest BCUT2D eigenvalue weighted by atomic mass is 10.1. The Labute approximate surface area is 85.5 Å². The molecule has 14 heavy (non-hydrogen) atoms. The summed E-state index contributed by atoms with van der Waals surface area (Å²) in [7, 11) is 0. The molecule has 0 heterocycles. The quantitative estimate of drug-likeness (QED) is 0.646. The number of hydrogen-bond donors (Lipinski definition) is 2. The van der Waals surface area contributed by atoms with Gasteiger partial charge in [-0.25, -0.2) is 0 Å². The van der Waals surface area contributed by atoms with Crippen LogP contribution in [0.25, 0.3) is 0 Å². The lowest BCUT2D eigenvalue weighted by Crippen LogP contribution is -2.39. The van der Waals surface area contributed by atoms with Crippen molar-refractivity contribution in [3.8, 4) is 0 Å². The van der Waals surface area contributed by atoms with E-state index in [-0.39, 0.29) is 6.42 Å². The van der Waals surface area contributed by atoms with Crippen molar-refractivity contribution in [2.45, 2.75) is 39.2 Å². The molecular weight excluding hydrogens is 182 g/mol. The Hall–Kier alpha value is -0.610. The van der Waals surface area contributed by atoms with Crippen molar-refractivity contribution in [1.29, 1.82) is 0 Å². The summed E-state index contributed by atoms with van der Waals surface area (Å²) in [6.45, 7) is 7.67. The second-order valence-electron chi connectivity index (χ2n) is 4.18. The molecule has 0 saturated carbocycles. The van der Waals surface area contributed by atoms with E-state index >= 15 is 0 Å². The van der Waals surface area contributed by atoms with Crippen LogP contribution in [-0.2, 0) is 4.79 Å². The molecule has 0 saturated heterocycles. The first-order valence-electron chi connectivity index (χ1n) is 5.01. The molecule has 0 spiro atoms. The van der Waals surface area contributed by atoms with E-state index < -0.39 is 11.6 Å². The van der Waals surface area contributed by atoms with Crippen LogP contribution in [0.4, 0.5) is 0 Å². The summed E-state index contributed by atoms with van der Waals surface area (Å²) in [4.78, 5) is 12.3. The standard InChI is InChI=1S/C10H21NO3/c1-4-11(8-10(2,3)14)7-5-6-9(12)13/h14H,4-8H2,1-3H3,(H,12,13). The van der Waals surface area contributed by atoms with Crippen LogP contribution in [0.5, 0.6) is 0 Å². The van der Waals surface area contributed by atoms with Crippen LogP contribution in [0.3, 0.4) is 0 Å². The second kappa shape index (κ2) is 5.98. The van der Waals surface area contributed by atoms with E-state index in [0.29, 0.717) is 13.0 Å². The SMILES string of the molecule is CCN(CCCC(=O)O)CC(C)(C)O. The summed E-state index contributed by atoms with van der Waals surface area (Å²) in [5, 5.41) is 18.0. The van der Waals surface area contributed by atoms with Gasteiger partial charge in [-0.1, -0.05) is 6.92 Å². The van der Waals surface area contributed by atoms with E-state index in [4.69, 9.17) is 5.11 Å². The third-order valence-corrected chi connectivity index (χ3v) is 1.92. The van der Waals surface area contributed by atoms with Gasteiger partial charge >= 0.3 is 5.97 Å². The fraction of sp³-hybridized carbons (Fsp3) is 0.900. The average Bonchev–Trinajstić information content (AvgIpc) is 1.99. The van der Waals surface area contributed by atoms with Crippen molar-refractivity contribution in [2.75, 3.05) is 19.6 Å². The van der Waals surface area contributed by atoms with Crippen LogP contribution in [0.1, 0.15) is 33.6 Å². The maximum absolute atomic E-state index is 10.3. The van der Waals surface area contributed by atoms with E-state index in [9.17, 15) is 9.90 Å². The highest BCUT2D eigenvalue weighted by molar-refractivity contribution is 5.66. The normalized spacial score (nSPS) is 12.1. The van der Waals surface area contributed by atoms with Crippen molar-refractivity contribution >= 4 is 5.97 Å². The number of carbonyl (C=O) groups is 1. The fourth-order valence-corrected chi connectivity index (χ4v) is 1.35. The molecule has 4 heteroatoms. The number of likely N-dealkylation sites (N-methyl/N-ethyl adjacent to an activating group) is 1. The Balaban J connectivity index is 3.74. The molecule has 0 aliphatic heterocycles. The van der Waals surface area contributed by atoms with Gasteiger partial charge in [0, 0.05) is 13.0 Å². The van der Waals surface area contributed by atoms with Crippen molar-refractivity contribution in [1.82, 2.24) is 4.90 Å². The van der Waals surface area contributed by atoms with Crippen LogP contribution in [-0.4, -0.2) is 46.3 Å². The number of carboxylic acid groups (broad SMARTS) is 1. The first-order chi connectivity index (χ1) is 6.35. The van der Waals surface area contributed by atoms with Gasteiger partial charge in [-0.2, -0.15) is 0 Å². The smallest absolute Gasteiger partial charge is 0.303 e. The maximum atomic E-state index is 10.3. The lowest BCUT2D eigenvalue weighted by Gasteiger charge is -2.27. The van der Waals surface area contributed by atoms with Gasteiger partial charge in [-0.05, 0) is 33.4 Å². The Kier molecular flexibility index (Phi) is 5.72. The summed E-state index contributed by atoms with van der Waals surface area (Å²) >= 11 is 0. The van der Waals surface area contributed by atoms with Crippen LogP contribution in [0, 0.1) is 0 Å². The van der Waals surface area contributed by atoms with E-state index in [1.54, 1.807) is 13.8 Å². The molecule has 0 unspecified atom stereocenters. The highest BCUT2D eigenvalue weighted by atomic mass is 16.4. The molecule has 0 bridgehead atoms. The Morgan fingerprint density at radius 1 is 1.43 bits per heavy atom. The molecule has 0 aromatic heterocycles. The predicted octanol–water partition coefficient (Wildman–Crippen LogP) is 0.944. The molecule has 0 radical (unpaired) electrons. The van der Waals surface area contributed by atoms with E-state index in [2.05, 4.69) is 4.90 Å². The van der Waals surface area contributed by atoms with Gasteiger partial charge in [0.1, 0.15) is 0 Å². The summed E-state index contributed by atoms with van der Waals surface area (Å²) in [5.74, 6) is -0.760. The minimum Gasteiger partial charge on any atom is -0.481 e. The van der Waals surface area contributed by atoms with Gasteiger partial charge < -0.3 is 15.1 Å². The summed E-state index contributed by atoms with van der Waals surface area (Å²) < 4.78 is 0. The molecule has 4 nitrogen and oxygen atoms in total. The molecule has 0 aliphatic rings. The minimum absolute atomic E-state index is 0.197. The number of hydrogen-bond acceptors (Lipinski definition) is 3. The van der Waals surface area contributed by atoms with Crippen molar-refractivity contribution in [2.24, 2.45) is 0 Å². The van der Waals surface area contributed by atoms with E-state index in [0.717, 1.165) is 13.1 Å². The summed E-state index contributed by atoms with van der Waals surface area (Å²) in [6, 6.07) is 0. The second-order valence-corrected chi connectivity index (χ2v) is 4.18. The van der Waals surface area contributed by atoms with Gasteiger partial charge in [-0.15, -0.1) is 0 Å². The van der Waals surface area contributed by atoms with Crippen molar-refractivity contribution < 1.29 is 15.0 Å². The third kappa shape index (κ3) is 8.01. The van der Waals surface area contributed by atoms with E-state index in [1.165, 1.54) is 0 Å². The molecular formula is C10H21NO3. The van der Waals surface area contributed by atoms with Crippen LogP contribution in [0.15, 0.2) is 0 Å². The van der Waals surface area contributed by atoms with Crippen molar-refractivity contribution in [3.63, 3.8) is 0 Å². The Morgan fingerprint density at radius 3 is 2.36 bits per heavy atom. The summed E-state index contributed by atoms with van der Waals surface area (Å²) in [5.41, 5.74) is -0.709. The highest BCUT2D eigenvalue weighted by Gasteiger charge is 2.16. The van der Waals surface area contributed by atoms with Crippen LogP contribution in [0.2, 0.25) is 0 Å². The molecule has 2 N–H and O–H groups in total. The summed E-state index contributed by atoms with van der Waals surface area (Å²) in [6.07, 6.45) is 0.835. The van der Waals surface area contributed by atoms with Gasteiger partial charge in [0.05, 0.1) is 5.60 Å². The van der Waals surface area contributed by atoms with Crippen LogP contribution < -0.4 is 0 Å². The molecule has 0 atom stereocenters. The predicted molar refractivity (Wildman–Crippen MR) is 55.3 cm³/mol. The molecule has 0 amide bonds. The van der Waals surface area contributed by atoms with Gasteiger partial charge in [0.25, 0.3) is 0 Å². The fourth-order valence-electron chi connectivity index (χ4n) is 1.35. The molecule has 0 aromatic carbocycles. The lowest BCUT2D eigenvalue weighted by molar-refractivity contribution is -0.137. The average molecular weight is 203 g/mol. The van der Waals surface area contributed by atoms with Crippen LogP contribution >= 0.6 is 0 Å². The first kappa shape index (κ1) is 13.4. The third-order valence-electron chi connectivity index (χ3n) is 1.92. The number of nitrogens with zero attached hydrogens (tertiary/aromatic N) is 1. The largest absolute Gasteiger partial charge is 0.481 e. The van der Waals surface area contributed by atoms with E-state index in [1.807, 2.05) is 6.92 Å². The van der Waals surface area contributed by atoms with Gasteiger partial charge in [0.2, 0.25) is 0 Å². The number of carboxylic acids is 1. The molecule has 0 fully saturated rings. The number of aliphatic carboxylic acids is 1. The topological polar surface area (TPSA) is 60.8 Å². The number of rotatable bonds is 7. The minimum atomic E-state index is -0.760. The number of aliphatic hydroxyl groups is 1. The molecule has 0 aromatic rings. The van der Waals surface area contributed by atoms with Crippen molar-refractivity contribution in [3.05, 3.63) is 0 Å². The highest BCUT2D eigenvalue weighted by Crippen LogP contribution is 2.05. The Bertz CT molecular complexity index is 175. The van der Waals surface area contributed by atoms with Gasteiger partial charge in [-0.3, -0.25) is 4.79 Å². The first-order valence-corrected chi connectivity index (χ1v) is 5.01. The monoisotopic (exact) mass is 203 g/mol. The zero-order valence-electron chi connectivity index (χ0n) is 9.29.